The van der Waals surface area contributed by atoms with Gasteiger partial charge >= 0.3 is 0 Å². The number of rotatable bonds is 4. The maximum absolute atomic E-state index is 11.8. The first-order valence-electron chi connectivity index (χ1n) is 5.07. The third-order valence-electron chi connectivity index (χ3n) is 2.10. The fourth-order valence-electron chi connectivity index (χ4n) is 0.845. The quantitative estimate of drug-likeness (QED) is 0.848. The van der Waals surface area contributed by atoms with Gasteiger partial charge in [-0.05, 0) is 13.8 Å². The van der Waals surface area contributed by atoms with Gasteiger partial charge in [0.05, 0.1) is 5.41 Å². The Hall–Kier alpha value is -0.680. The van der Waals surface area contributed by atoms with E-state index in [0.29, 0.717) is 11.0 Å². The number of hydrogen-bond acceptors (Lipinski definition) is 4. The molecule has 1 amide bonds. The molecular formula is C10H16ClN3OS. The summed E-state index contributed by atoms with van der Waals surface area (Å²) in [6.45, 7) is 7.66. The van der Waals surface area contributed by atoms with Crippen LogP contribution < -0.4 is 5.32 Å². The molecule has 0 aliphatic heterocycles. The first-order chi connectivity index (χ1) is 7.36. The average molecular weight is 262 g/mol. The van der Waals surface area contributed by atoms with Gasteiger partial charge in [0, 0.05) is 11.8 Å². The van der Waals surface area contributed by atoms with Crippen molar-refractivity contribution in [1.29, 1.82) is 0 Å². The molecule has 0 aliphatic rings. The minimum atomic E-state index is -0.592. The third-order valence-corrected chi connectivity index (χ3v) is 3.91. The van der Waals surface area contributed by atoms with E-state index in [-0.39, 0.29) is 11.8 Å². The standard InChI is InChI=1S/C10H16ClN3OS/c1-6(2)7-13-14-9(16-7)12-8(15)10(3,4)5-11/h6H,5H2,1-4H3,(H,12,14,15). The average Bonchev–Trinajstić information content (AvgIpc) is 2.66. The Bertz CT molecular complexity index is 376. The molecule has 0 radical (unpaired) electrons. The topological polar surface area (TPSA) is 54.9 Å². The van der Waals surface area contributed by atoms with Crippen molar-refractivity contribution < 1.29 is 4.79 Å². The Balaban J connectivity index is 2.70. The summed E-state index contributed by atoms with van der Waals surface area (Å²) in [7, 11) is 0. The molecule has 0 spiro atoms. The van der Waals surface area contributed by atoms with Crippen molar-refractivity contribution in [2.24, 2.45) is 5.41 Å². The summed E-state index contributed by atoms with van der Waals surface area (Å²) in [5.41, 5.74) is -0.592. The normalized spacial score (nSPS) is 11.9. The number of aromatic nitrogens is 2. The molecule has 0 atom stereocenters. The van der Waals surface area contributed by atoms with Gasteiger partial charge in [0.1, 0.15) is 5.01 Å². The van der Waals surface area contributed by atoms with Crippen LogP contribution in [0.1, 0.15) is 38.6 Å². The van der Waals surface area contributed by atoms with Crippen molar-refractivity contribution in [1.82, 2.24) is 10.2 Å². The molecule has 1 aromatic rings. The lowest BCUT2D eigenvalue weighted by Gasteiger charge is -2.18. The number of carbonyl (C=O) groups excluding carboxylic acids is 1. The number of amides is 1. The van der Waals surface area contributed by atoms with Crippen molar-refractivity contribution in [3.05, 3.63) is 5.01 Å². The van der Waals surface area contributed by atoms with Gasteiger partial charge in [-0.2, -0.15) is 0 Å². The molecule has 1 heterocycles. The maximum atomic E-state index is 11.8. The van der Waals surface area contributed by atoms with Crippen LogP contribution in [0.4, 0.5) is 5.13 Å². The van der Waals surface area contributed by atoms with Crippen LogP contribution in [0.5, 0.6) is 0 Å². The maximum Gasteiger partial charge on any atom is 0.233 e. The molecule has 0 fully saturated rings. The van der Waals surface area contributed by atoms with E-state index < -0.39 is 5.41 Å². The predicted molar refractivity (Wildman–Crippen MR) is 67.1 cm³/mol. The molecule has 90 valence electrons. The van der Waals surface area contributed by atoms with Crippen LogP contribution in [0.25, 0.3) is 0 Å². The molecule has 0 saturated heterocycles. The zero-order valence-corrected chi connectivity index (χ0v) is 11.4. The molecule has 0 bridgehead atoms. The zero-order chi connectivity index (χ0) is 12.3. The Morgan fingerprint density at radius 3 is 2.56 bits per heavy atom. The summed E-state index contributed by atoms with van der Waals surface area (Å²) in [4.78, 5) is 11.8. The summed E-state index contributed by atoms with van der Waals surface area (Å²) in [6.07, 6.45) is 0. The number of hydrogen-bond donors (Lipinski definition) is 1. The second-order valence-electron chi connectivity index (χ2n) is 4.57. The Labute approximate surface area is 104 Å². The van der Waals surface area contributed by atoms with Crippen molar-refractivity contribution in [2.45, 2.75) is 33.6 Å². The Morgan fingerprint density at radius 1 is 1.50 bits per heavy atom. The number of alkyl halides is 1. The second kappa shape index (κ2) is 5.10. The zero-order valence-electron chi connectivity index (χ0n) is 9.87. The highest BCUT2D eigenvalue weighted by Crippen LogP contribution is 2.25. The van der Waals surface area contributed by atoms with E-state index in [2.05, 4.69) is 15.5 Å². The van der Waals surface area contributed by atoms with Crippen LogP contribution in [0.3, 0.4) is 0 Å². The van der Waals surface area contributed by atoms with Crippen molar-refractivity contribution in [2.75, 3.05) is 11.2 Å². The molecule has 1 rings (SSSR count). The van der Waals surface area contributed by atoms with E-state index in [4.69, 9.17) is 11.6 Å². The summed E-state index contributed by atoms with van der Waals surface area (Å²) in [5, 5.41) is 12.1. The smallest absolute Gasteiger partial charge is 0.233 e. The lowest BCUT2D eigenvalue weighted by molar-refractivity contribution is -0.122. The summed E-state index contributed by atoms with van der Waals surface area (Å²) < 4.78 is 0. The molecule has 0 aliphatic carbocycles. The summed E-state index contributed by atoms with van der Waals surface area (Å²) in [5.74, 6) is 0.465. The van der Waals surface area contributed by atoms with Gasteiger partial charge in [0.15, 0.2) is 0 Å². The lowest BCUT2D eigenvalue weighted by Crippen LogP contribution is -2.32. The number of nitrogens with one attached hydrogen (secondary N) is 1. The molecular weight excluding hydrogens is 246 g/mol. The monoisotopic (exact) mass is 261 g/mol. The Kier molecular flexibility index (Phi) is 4.27. The first kappa shape index (κ1) is 13.4. The van der Waals surface area contributed by atoms with E-state index in [9.17, 15) is 4.79 Å². The van der Waals surface area contributed by atoms with Gasteiger partial charge in [-0.15, -0.1) is 21.8 Å². The molecule has 0 unspecified atom stereocenters. The fraction of sp³-hybridized carbons (Fsp3) is 0.700. The van der Waals surface area contributed by atoms with E-state index in [1.54, 1.807) is 13.8 Å². The highest BCUT2D eigenvalue weighted by atomic mass is 35.5. The van der Waals surface area contributed by atoms with E-state index in [0.717, 1.165) is 5.01 Å². The number of anilines is 1. The van der Waals surface area contributed by atoms with Crippen molar-refractivity contribution in [3.8, 4) is 0 Å². The van der Waals surface area contributed by atoms with Gasteiger partial charge < -0.3 is 5.32 Å². The van der Waals surface area contributed by atoms with Crippen LogP contribution in [-0.4, -0.2) is 22.0 Å². The van der Waals surface area contributed by atoms with Gasteiger partial charge in [0.2, 0.25) is 11.0 Å². The summed E-state index contributed by atoms with van der Waals surface area (Å²) >= 11 is 7.12. The largest absolute Gasteiger partial charge is 0.300 e. The van der Waals surface area contributed by atoms with Crippen LogP contribution >= 0.6 is 22.9 Å². The summed E-state index contributed by atoms with van der Waals surface area (Å²) in [6, 6.07) is 0. The third kappa shape index (κ3) is 3.15. The molecule has 4 nitrogen and oxygen atoms in total. The minimum Gasteiger partial charge on any atom is -0.300 e. The minimum absolute atomic E-state index is 0.131. The predicted octanol–water partition coefficient (Wildman–Crippen LogP) is 2.87. The van der Waals surface area contributed by atoms with E-state index >= 15 is 0 Å². The molecule has 6 heteroatoms. The second-order valence-corrected chi connectivity index (χ2v) is 5.85. The van der Waals surface area contributed by atoms with E-state index in [1.165, 1.54) is 11.3 Å². The molecule has 0 saturated carbocycles. The van der Waals surface area contributed by atoms with Gasteiger partial charge in [-0.3, -0.25) is 4.79 Å². The van der Waals surface area contributed by atoms with Gasteiger partial charge in [0.25, 0.3) is 0 Å². The number of carbonyl (C=O) groups is 1. The van der Waals surface area contributed by atoms with Crippen molar-refractivity contribution in [3.63, 3.8) is 0 Å². The molecule has 0 aromatic carbocycles. The molecule has 16 heavy (non-hydrogen) atoms. The fourth-order valence-corrected chi connectivity index (χ4v) is 1.71. The molecule has 1 aromatic heterocycles. The highest BCUT2D eigenvalue weighted by Gasteiger charge is 2.27. The van der Waals surface area contributed by atoms with Crippen LogP contribution in [-0.2, 0) is 4.79 Å². The van der Waals surface area contributed by atoms with Crippen LogP contribution in [0.15, 0.2) is 0 Å². The van der Waals surface area contributed by atoms with Crippen LogP contribution in [0.2, 0.25) is 0 Å². The first-order valence-corrected chi connectivity index (χ1v) is 6.42. The number of nitrogens with zero attached hydrogens (tertiary/aromatic N) is 2. The van der Waals surface area contributed by atoms with Crippen LogP contribution in [0, 0.1) is 5.41 Å². The highest BCUT2D eigenvalue weighted by molar-refractivity contribution is 7.15. The Morgan fingerprint density at radius 2 is 2.12 bits per heavy atom. The van der Waals surface area contributed by atoms with Gasteiger partial charge in [-0.1, -0.05) is 25.2 Å². The number of halogens is 1. The SMILES string of the molecule is CC(C)c1nnc(NC(=O)C(C)(C)CCl)s1. The van der Waals surface area contributed by atoms with E-state index in [1.807, 2.05) is 13.8 Å². The van der Waals surface area contributed by atoms with Crippen molar-refractivity contribution >= 4 is 34.0 Å². The van der Waals surface area contributed by atoms with Gasteiger partial charge in [-0.25, -0.2) is 0 Å². The molecule has 1 N–H and O–H groups in total. The lowest BCUT2D eigenvalue weighted by atomic mass is 9.95.